The number of nitrogens with two attached hydrogens (primary N) is 1. The van der Waals surface area contributed by atoms with Crippen molar-refractivity contribution in [3.8, 4) is 0 Å². The lowest BCUT2D eigenvalue weighted by molar-refractivity contribution is 0.0777. The maximum absolute atomic E-state index is 9.54. The lowest BCUT2D eigenvalue weighted by atomic mass is 10.1. The molecule has 0 fully saturated rings. The highest BCUT2D eigenvalue weighted by Crippen LogP contribution is 2.19. The minimum absolute atomic E-state index is 0.398. The van der Waals surface area contributed by atoms with Crippen molar-refractivity contribution in [3.05, 3.63) is 5.82 Å². The molecule has 0 aliphatic heterocycles. The molecule has 1 rings (SSSR count). The largest absolute Gasteiger partial charge is 0.390 e. The molecule has 0 bridgehead atoms. The Morgan fingerprint density at radius 3 is 2.60 bits per heavy atom. The van der Waals surface area contributed by atoms with Crippen LogP contribution in [-0.2, 0) is 13.6 Å². The fourth-order valence-corrected chi connectivity index (χ4v) is 2.22. The number of nitrogens with zero attached hydrogens (tertiary/aromatic N) is 3. The Bertz CT molecular complexity index is 318. The zero-order chi connectivity index (χ0) is 11.5. The van der Waals surface area contributed by atoms with Crippen molar-refractivity contribution in [2.45, 2.75) is 37.6 Å². The van der Waals surface area contributed by atoms with Crippen molar-refractivity contribution in [1.29, 1.82) is 0 Å². The summed E-state index contributed by atoms with van der Waals surface area (Å²) in [6.07, 6.45) is 0.725. The Morgan fingerprint density at radius 1 is 1.47 bits per heavy atom. The predicted molar refractivity (Wildman–Crippen MR) is 60.5 cm³/mol. The van der Waals surface area contributed by atoms with Crippen molar-refractivity contribution < 1.29 is 5.11 Å². The summed E-state index contributed by atoms with van der Waals surface area (Å²) in [6.45, 7) is 4.00. The Labute approximate surface area is 94.1 Å². The van der Waals surface area contributed by atoms with Crippen LogP contribution in [0.5, 0.6) is 0 Å². The van der Waals surface area contributed by atoms with Gasteiger partial charge in [0.2, 0.25) is 0 Å². The van der Waals surface area contributed by atoms with Gasteiger partial charge in [-0.15, -0.1) is 10.2 Å². The summed E-state index contributed by atoms with van der Waals surface area (Å²) < 4.78 is 1.88. The standard InChI is InChI=1S/C9H18N4OS/c1-9(2,14)4-5-15-8-12-11-7(6-10)13(8)3/h14H,4-6,10H2,1-3H3. The molecule has 5 nitrogen and oxygen atoms in total. The Morgan fingerprint density at radius 2 is 2.13 bits per heavy atom. The second-order valence-electron chi connectivity index (χ2n) is 4.07. The van der Waals surface area contributed by atoms with Gasteiger partial charge in [-0.3, -0.25) is 0 Å². The van der Waals surface area contributed by atoms with Gasteiger partial charge in [-0.05, 0) is 20.3 Å². The first-order valence-electron chi connectivity index (χ1n) is 4.87. The maximum Gasteiger partial charge on any atom is 0.190 e. The van der Waals surface area contributed by atoms with Crippen LogP contribution in [0.25, 0.3) is 0 Å². The van der Waals surface area contributed by atoms with Gasteiger partial charge < -0.3 is 15.4 Å². The van der Waals surface area contributed by atoms with Crippen molar-refractivity contribution in [2.75, 3.05) is 5.75 Å². The van der Waals surface area contributed by atoms with E-state index in [0.717, 1.165) is 23.2 Å². The van der Waals surface area contributed by atoms with Gasteiger partial charge in [-0.1, -0.05) is 11.8 Å². The molecule has 6 heteroatoms. The second kappa shape index (κ2) is 4.96. The highest BCUT2D eigenvalue weighted by atomic mass is 32.2. The predicted octanol–water partition coefficient (Wildman–Crippen LogP) is 0.527. The van der Waals surface area contributed by atoms with E-state index in [-0.39, 0.29) is 0 Å². The summed E-state index contributed by atoms with van der Waals surface area (Å²) in [5, 5.41) is 18.4. The van der Waals surface area contributed by atoms with Gasteiger partial charge in [0.1, 0.15) is 5.82 Å². The number of aromatic nitrogens is 3. The van der Waals surface area contributed by atoms with E-state index in [1.165, 1.54) is 0 Å². The smallest absolute Gasteiger partial charge is 0.190 e. The van der Waals surface area contributed by atoms with Crippen LogP contribution >= 0.6 is 11.8 Å². The maximum atomic E-state index is 9.54. The van der Waals surface area contributed by atoms with E-state index < -0.39 is 5.60 Å². The summed E-state index contributed by atoms with van der Waals surface area (Å²) in [6, 6.07) is 0. The third-order valence-electron chi connectivity index (χ3n) is 2.05. The van der Waals surface area contributed by atoms with E-state index in [4.69, 9.17) is 5.73 Å². The number of thioether (sulfide) groups is 1. The van der Waals surface area contributed by atoms with E-state index in [1.807, 2.05) is 11.6 Å². The number of hydrogen-bond acceptors (Lipinski definition) is 5. The molecule has 0 saturated carbocycles. The van der Waals surface area contributed by atoms with E-state index >= 15 is 0 Å². The zero-order valence-electron chi connectivity index (χ0n) is 9.40. The highest BCUT2D eigenvalue weighted by molar-refractivity contribution is 7.99. The normalized spacial score (nSPS) is 12.1. The Balaban J connectivity index is 2.48. The zero-order valence-corrected chi connectivity index (χ0v) is 10.2. The molecule has 0 amide bonds. The minimum atomic E-state index is -0.623. The molecule has 0 saturated heterocycles. The summed E-state index contributed by atoms with van der Waals surface area (Å²) >= 11 is 1.58. The first kappa shape index (κ1) is 12.5. The molecule has 1 aromatic heterocycles. The van der Waals surface area contributed by atoms with Gasteiger partial charge in [-0.2, -0.15) is 0 Å². The van der Waals surface area contributed by atoms with Crippen molar-refractivity contribution in [3.63, 3.8) is 0 Å². The Hall–Kier alpha value is -0.590. The van der Waals surface area contributed by atoms with Crippen LogP contribution in [0.4, 0.5) is 0 Å². The first-order chi connectivity index (χ1) is 6.94. The quantitative estimate of drug-likeness (QED) is 0.721. The summed E-state index contributed by atoms with van der Waals surface area (Å²) in [5.41, 5.74) is 4.87. The van der Waals surface area contributed by atoms with Gasteiger partial charge in [-0.25, -0.2) is 0 Å². The monoisotopic (exact) mass is 230 g/mol. The molecule has 0 aliphatic rings. The molecule has 0 spiro atoms. The lowest BCUT2D eigenvalue weighted by Gasteiger charge is -2.15. The van der Waals surface area contributed by atoms with Crippen molar-refractivity contribution >= 4 is 11.8 Å². The van der Waals surface area contributed by atoms with E-state index in [9.17, 15) is 5.11 Å². The van der Waals surface area contributed by atoms with Gasteiger partial charge in [0.25, 0.3) is 0 Å². The van der Waals surface area contributed by atoms with Crippen LogP contribution in [0.2, 0.25) is 0 Å². The number of rotatable bonds is 5. The first-order valence-corrected chi connectivity index (χ1v) is 5.86. The van der Waals surface area contributed by atoms with E-state index in [2.05, 4.69) is 10.2 Å². The molecule has 0 radical (unpaired) electrons. The molecule has 15 heavy (non-hydrogen) atoms. The molecule has 0 unspecified atom stereocenters. The topological polar surface area (TPSA) is 77.0 Å². The number of aliphatic hydroxyl groups is 1. The summed E-state index contributed by atoms with van der Waals surface area (Å²) in [7, 11) is 1.90. The Kier molecular flexibility index (Phi) is 4.12. The van der Waals surface area contributed by atoms with Crippen LogP contribution in [0.1, 0.15) is 26.1 Å². The fraction of sp³-hybridized carbons (Fsp3) is 0.778. The third kappa shape index (κ3) is 3.81. The van der Waals surface area contributed by atoms with Crippen molar-refractivity contribution in [2.24, 2.45) is 12.8 Å². The lowest BCUT2D eigenvalue weighted by Crippen LogP contribution is -2.19. The van der Waals surface area contributed by atoms with Gasteiger partial charge in [0.15, 0.2) is 5.16 Å². The van der Waals surface area contributed by atoms with Crippen LogP contribution < -0.4 is 5.73 Å². The van der Waals surface area contributed by atoms with Crippen LogP contribution in [-0.4, -0.2) is 31.2 Å². The highest BCUT2D eigenvalue weighted by Gasteiger charge is 2.13. The molecule has 0 aliphatic carbocycles. The summed E-state index contributed by atoms with van der Waals surface area (Å²) in [5.74, 6) is 1.60. The minimum Gasteiger partial charge on any atom is -0.390 e. The average molecular weight is 230 g/mol. The molecule has 86 valence electrons. The van der Waals surface area contributed by atoms with Gasteiger partial charge in [0.05, 0.1) is 12.1 Å². The third-order valence-corrected chi connectivity index (χ3v) is 3.07. The van der Waals surface area contributed by atoms with Crippen molar-refractivity contribution in [1.82, 2.24) is 14.8 Å². The molecule has 1 heterocycles. The van der Waals surface area contributed by atoms with Crippen LogP contribution in [0.15, 0.2) is 5.16 Å². The van der Waals surface area contributed by atoms with E-state index in [0.29, 0.717) is 6.54 Å². The molecule has 0 aromatic carbocycles. The van der Waals surface area contributed by atoms with Crippen LogP contribution in [0.3, 0.4) is 0 Å². The molecular weight excluding hydrogens is 212 g/mol. The fourth-order valence-electron chi connectivity index (χ4n) is 1.04. The van der Waals surface area contributed by atoms with Crippen LogP contribution in [0, 0.1) is 0 Å². The second-order valence-corrected chi connectivity index (χ2v) is 5.13. The van der Waals surface area contributed by atoms with Gasteiger partial charge in [0, 0.05) is 12.8 Å². The average Bonchev–Trinajstić information content (AvgIpc) is 2.46. The summed E-state index contributed by atoms with van der Waals surface area (Å²) in [4.78, 5) is 0. The molecule has 1 aromatic rings. The van der Waals surface area contributed by atoms with Gasteiger partial charge >= 0.3 is 0 Å². The molecule has 3 N–H and O–H groups in total. The number of hydrogen-bond donors (Lipinski definition) is 2. The van der Waals surface area contributed by atoms with E-state index in [1.54, 1.807) is 25.6 Å². The molecular formula is C9H18N4OS. The SMILES string of the molecule is Cn1c(CN)nnc1SCCC(C)(C)O. The molecule has 0 atom stereocenters.